The zero-order valence-electron chi connectivity index (χ0n) is 19.4. The van der Waals surface area contributed by atoms with E-state index in [1.54, 1.807) is 0 Å². The number of aliphatic hydroxyl groups is 4. The van der Waals surface area contributed by atoms with Gasteiger partial charge in [-0.1, -0.05) is 24.3 Å². The number of aliphatic imine (C=N–C) groups is 2. The van der Waals surface area contributed by atoms with E-state index in [1.165, 1.54) is 24.3 Å². The van der Waals surface area contributed by atoms with E-state index in [0.29, 0.717) is 0 Å². The first-order valence-corrected chi connectivity index (χ1v) is 14.1. The average molecular weight is 617 g/mol. The molecule has 0 saturated heterocycles. The molecule has 0 saturated carbocycles. The van der Waals surface area contributed by atoms with E-state index in [1.807, 2.05) is 5.16 Å². The van der Waals surface area contributed by atoms with Crippen LogP contribution in [0.3, 0.4) is 0 Å². The second kappa shape index (κ2) is 14.0. The summed E-state index contributed by atoms with van der Waals surface area (Å²) < 4.78 is 64.4. The number of carbonyl (C=O) groups is 1. The van der Waals surface area contributed by atoms with Gasteiger partial charge in [0.15, 0.2) is 12.4 Å². The minimum absolute atomic E-state index is 0.00994. The predicted molar refractivity (Wildman–Crippen MR) is 144 cm³/mol. The number of carbonyl (C=O) groups excluding carboxylic acids is 1. The molecule has 39 heavy (non-hydrogen) atoms. The van der Waals surface area contributed by atoms with Crippen LogP contribution in [0.1, 0.15) is 11.1 Å². The molecule has 0 aliphatic rings. The summed E-state index contributed by atoms with van der Waals surface area (Å²) in [4.78, 5) is 17.6. The largest absolute Gasteiger partial charge is 0.394 e. The Labute approximate surface area is 233 Å². The lowest BCUT2D eigenvalue weighted by Crippen LogP contribution is -2.48. The Balaban J connectivity index is 2.61. The van der Waals surface area contributed by atoms with Crippen molar-refractivity contribution in [3.63, 3.8) is 0 Å². The summed E-state index contributed by atoms with van der Waals surface area (Å²) in [5.41, 5.74) is -0.144. The molecule has 0 amide bonds. The van der Waals surface area contributed by atoms with Crippen LogP contribution in [0.2, 0.25) is 0 Å². The molecule has 208 valence electrons. The third kappa shape index (κ3) is 8.55. The quantitative estimate of drug-likeness (QED) is 0.0528. The standard InChI is InChI=1S/C22H20N2O11S4/c25-9-17(27)21(28)22(29)18(10-26)35-39(33,34)20-8-16(24-12-37)6-4-14(20)2-1-13-3-5-15(23-11-36)7-19(13)38(30,31)32/h1-8,10,17-18,21-22,25,27-29H,9H2,(H,30,31,32)/t17-,18+,21-,22-/m1/s1. The molecule has 0 fully saturated rings. The van der Waals surface area contributed by atoms with Crippen LogP contribution < -0.4 is 0 Å². The lowest BCUT2D eigenvalue weighted by atomic mass is 10.0. The van der Waals surface area contributed by atoms with Gasteiger partial charge in [0.05, 0.1) is 28.3 Å². The third-order valence-corrected chi connectivity index (χ3v) is 7.43. The number of aliphatic hydroxyl groups excluding tert-OH is 4. The smallest absolute Gasteiger partial charge is 0.298 e. The Morgan fingerprint density at radius 1 is 0.872 bits per heavy atom. The fourth-order valence-corrected chi connectivity index (χ4v) is 5.23. The van der Waals surface area contributed by atoms with Crippen molar-refractivity contribution in [3.8, 4) is 0 Å². The molecule has 2 aromatic carbocycles. The van der Waals surface area contributed by atoms with Crippen molar-refractivity contribution < 1.29 is 50.8 Å². The summed E-state index contributed by atoms with van der Waals surface area (Å²) in [6.07, 6.45) is -6.36. The molecule has 5 N–H and O–H groups in total. The van der Waals surface area contributed by atoms with Crippen LogP contribution in [0.4, 0.5) is 11.4 Å². The Hall–Kier alpha value is -2.89. The van der Waals surface area contributed by atoms with Crippen LogP contribution in [-0.4, -0.2) is 89.4 Å². The van der Waals surface area contributed by atoms with Crippen LogP contribution in [0.15, 0.2) is 56.2 Å². The van der Waals surface area contributed by atoms with Gasteiger partial charge in [0.1, 0.15) is 28.1 Å². The van der Waals surface area contributed by atoms with Crippen molar-refractivity contribution in [1.82, 2.24) is 0 Å². The Kier molecular flexibility index (Phi) is 11.6. The molecule has 0 heterocycles. The van der Waals surface area contributed by atoms with Gasteiger partial charge in [-0.15, -0.1) is 0 Å². The summed E-state index contributed by atoms with van der Waals surface area (Å²) in [6, 6.07) is 7.15. The normalized spacial score (nSPS) is 15.0. The van der Waals surface area contributed by atoms with E-state index < -0.39 is 61.0 Å². The third-order valence-electron chi connectivity index (χ3n) is 4.97. The number of isothiocyanates is 2. The van der Waals surface area contributed by atoms with Crippen LogP contribution in [0, 0.1) is 0 Å². The van der Waals surface area contributed by atoms with Crippen LogP contribution >= 0.6 is 24.4 Å². The molecule has 0 bridgehead atoms. The van der Waals surface area contributed by atoms with Gasteiger partial charge in [-0.3, -0.25) is 8.74 Å². The summed E-state index contributed by atoms with van der Waals surface area (Å²) in [5.74, 6) is 0. The van der Waals surface area contributed by atoms with Crippen molar-refractivity contribution in [1.29, 1.82) is 0 Å². The van der Waals surface area contributed by atoms with Crippen molar-refractivity contribution in [3.05, 3.63) is 47.5 Å². The highest BCUT2D eigenvalue weighted by atomic mass is 32.2. The summed E-state index contributed by atoms with van der Waals surface area (Å²) in [7, 11) is -9.69. The van der Waals surface area contributed by atoms with E-state index in [9.17, 15) is 41.5 Å². The maximum absolute atomic E-state index is 13.1. The summed E-state index contributed by atoms with van der Waals surface area (Å²) >= 11 is 9.00. The Morgan fingerprint density at radius 2 is 1.36 bits per heavy atom. The van der Waals surface area contributed by atoms with Crippen molar-refractivity contribution >= 4 is 84.8 Å². The SMILES string of the molecule is O=C[C@H](OS(=O)(=O)c1cc(N=C=S)ccc1C=Cc1ccc(N=C=S)cc1S(=O)(=O)O)[C@@H](O)[C@H](O)[C@H](O)CO. The second-order valence-corrected chi connectivity index (χ2v) is 10.8. The summed E-state index contributed by atoms with van der Waals surface area (Å²) in [6.45, 7) is -1.01. The van der Waals surface area contributed by atoms with E-state index in [4.69, 9.17) is 9.29 Å². The van der Waals surface area contributed by atoms with Gasteiger partial charge < -0.3 is 25.2 Å². The van der Waals surface area contributed by atoms with Gasteiger partial charge in [-0.25, -0.2) is 0 Å². The number of thiocarbonyl (C=S) groups is 2. The number of hydrogen-bond donors (Lipinski definition) is 5. The molecule has 0 unspecified atom stereocenters. The first-order valence-electron chi connectivity index (χ1n) is 10.4. The van der Waals surface area contributed by atoms with Gasteiger partial charge in [0, 0.05) is 0 Å². The maximum atomic E-state index is 13.1. The van der Waals surface area contributed by atoms with E-state index in [-0.39, 0.29) is 28.8 Å². The molecule has 4 atom stereocenters. The van der Waals surface area contributed by atoms with Crippen LogP contribution in [0.25, 0.3) is 12.2 Å². The molecule has 2 aromatic rings. The highest BCUT2D eigenvalue weighted by Crippen LogP contribution is 2.29. The molecule has 2 rings (SSSR count). The lowest BCUT2D eigenvalue weighted by Gasteiger charge is -2.25. The lowest BCUT2D eigenvalue weighted by molar-refractivity contribution is -0.132. The monoisotopic (exact) mass is 616 g/mol. The highest BCUT2D eigenvalue weighted by molar-refractivity contribution is 7.87. The number of hydrogen-bond acceptors (Lipinski definition) is 14. The molecular weight excluding hydrogens is 597 g/mol. The van der Waals surface area contributed by atoms with Crippen LogP contribution in [-0.2, 0) is 29.2 Å². The maximum Gasteiger partial charge on any atom is 0.298 e. The van der Waals surface area contributed by atoms with Crippen molar-refractivity contribution in [2.45, 2.75) is 34.2 Å². The van der Waals surface area contributed by atoms with Crippen molar-refractivity contribution in [2.75, 3.05) is 6.61 Å². The van der Waals surface area contributed by atoms with E-state index >= 15 is 0 Å². The van der Waals surface area contributed by atoms with Crippen LogP contribution in [0.5, 0.6) is 0 Å². The number of aldehydes is 1. The Morgan fingerprint density at radius 3 is 1.79 bits per heavy atom. The molecule has 0 aliphatic heterocycles. The highest BCUT2D eigenvalue weighted by Gasteiger charge is 2.36. The minimum Gasteiger partial charge on any atom is -0.394 e. The van der Waals surface area contributed by atoms with E-state index in [2.05, 4.69) is 39.6 Å². The fourth-order valence-electron chi connectivity index (χ4n) is 3.07. The first-order chi connectivity index (χ1) is 18.3. The van der Waals surface area contributed by atoms with E-state index in [0.717, 1.165) is 24.3 Å². The topological polar surface area (TPSA) is 220 Å². The predicted octanol–water partition coefficient (Wildman–Crippen LogP) is 0.920. The van der Waals surface area contributed by atoms with Gasteiger partial charge in [0.25, 0.3) is 20.2 Å². The van der Waals surface area contributed by atoms with Gasteiger partial charge in [0.2, 0.25) is 0 Å². The van der Waals surface area contributed by atoms with Crippen molar-refractivity contribution in [2.24, 2.45) is 9.98 Å². The zero-order valence-corrected chi connectivity index (χ0v) is 22.7. The molecule has 0 radical (unpaired) electrons. The summed E-state index contributed by atoms with van der Waals surface area (Å²) in [5, 5.41) is 42.5. The molecule has 17 heteroatoms. The average Bonchev–Trinajstić information content (AvgIpc) is 2.89. The number of nitrogens with zero attached hydrogens (tertiary/aromatic N) is 2. The number of benzene rings is 2. The zero-order chi connectivity index (χ0) is 29.4. The molecule has 0 aliphatic carbocycles. The molecular formula is C22H20N2O11S4. The minimum atomic E-state index is -4.93. The van der Waals surface area contributed by atoms with Gasteiger partial charge in [-0.05, 0) is 59.8 Å². The van der Waals surface area contributed by atoms with Gasteiger partial charge >= 0.3 is 0 Å². The number of rotatable bonds is 13. The molecule has 0 aromatic heterocycles. The first kappa shape index (κ1) is 32.3. The fraction of sp³-hybridized carbons (Fsp3) is 0.227. The van der Waals surface area contributed by atoms with Gasteiger partial charge in [-0.2, -0.15) is 26.8 Å². The Bertz CT molecular complexity index is 1560. The molecule has 13 nitrogen and oxygen atoms in total. The molecule has 0 spiro atoms. The second-order valence-electron chi connectivity index (χ2n) is 7.54.